The maximum Gasteiger partial charge on any atom is 0.243 e. The summed E-state index contributed by atoms with van der Waals surface area (Å²) in [5, 5.41) is 2.95. The summed E-state index contributed by atoms with van der Waals surface area (Å²) in [7, 11) is 0. The molecule has 2 N–H and O–H groups in total. The van der Waals surface area contributed by atoms with Gasteiger partial charge in [-0.15, -0.1) is 0 Å². The molecule has 6 heteroatoms. The van der Waals surface area contributed by atoms with Crippen LogP contribution in [0.15, 0.2) is 43.0 Å². The fourth-order valence-electron chi connectivity index (χ4n) is 2.33. The summed E-state index contributed by atoms with van der Waals surface area (Å²) in [4.78, 5) is 23.9. The molecule has 0 saturated carbocycles. The zero-order valence-corrected chi connectivity index (χ0v) is 11.9. The van der Waals surface area contributed by atoms with E-state index in [9.17, 15) is 4.79 Å². The molecule has 3 aromatic rings. The van der Waals surface area contributed by atoms with E-state index in [4.69, 9.17) is 0 Å². The first kappa shape index (κ1) is 13.4. The lowest BCUT2D eigenvalue weighted by atomic mass is 10.2. The van der Waals surface area contributed by atoms with Gasteiger partial charge in [0.2, 0.25) is 5.91 Å². The Morgan fingerprint density at radius 2 is 2.10 bits per heavy atom. The molecule has 0 saturated heterocycles. The Labute approximate surface area is 122 Å². The summed E-state index contributed by atoms with van der Waals surface area (Å²) >= 11 is 0. The van der Waals surface area contributed by atoms with E-state index < -0.39 is 0 Å². The number of carbonyl (C=O) groups is 1. The van der Waals surface area contributed by atoms with Crippen molar-refractivity contribution < 1.29 is 4.79 Å². The van der Waals surface area contributed by atoms with Gasteiger partial charge in [0, 0.05) is 12.4 Å². The van der Waals surface area contributed by atoms with Gasteiger partial charge in [-0.3, -0.25) is 4.79 Å². The van der Waals surface area contributed by atoms with Gasteiger partial charge in [0.05, 0.1) is 23.4 Å². The predicted octanol–water partition coefficient (Wildman–Crippen LogP) is 2.20. The highest BCUT2D eigenvalue weighted by atomic mass is 16.2. The highest BCUT2D eigenvalue weighted by Gasteiger charge is 2.20. The number of aromatic amines is 1. The number of nitrogens with zero attached hydrogens (tertiary/aromatic N) is 3. The molecule has 6 nitrogen and oxygen atoms in total. The Hall–Kier alpha value is -2.63. The normalized spacial score (nSPS) is 14.0. The molecule has 0 aliphatic rings. The number of H-pyrrole nitrogens is 1. The standard InChI is InChI=1S/C15H17N5O/c1-10(14-16-7-8-17-14)19-15(21)11(2)20-9-18-12-5-3-4-6-13(12)20/h3-11H,1-2H3,(H,16,17)(H,19,21). The number of hydrogen-bond acceptors (Lipinski definition) is 3. The quantitative estimate of drug-likeness (QED) is 0.770. The Morgan fingerprint density at radius 1 is 1.29 bits per heavy atom. The molecule has 108 valence electrons. The van der Waals surface area contributed by atoms with Gasteiger partial charge in [-0.1, -0.05) is 12.1 Å². The molecule has 0 aliphatic heterocycles. The number of para-hydroxylation sites is 2. The largest absolute Gasteiger partial charge is 0.347 e. The van der Waals surface area contributed by atoms with Crippen LogP contribution in [0.2, 0.25) is 0 Å². The highest BCUT2D eigenvalue weighted by molar-refractivity contribution is 5.83. The lowest BCUT2D eigenvalue weighted by molar-refractivity contribution is -0.124. The Kier molecular flexibility index (Phi) is 3.43. The van der Waals surface area contributed by atoms with E-state index in [1.165, 1.54) is 0 Å². The Morgan fingerprint density at radius 3 is 2.86 bits per heavy atom. The molecule has 2 aromatic heterocycles. The van der Waals surface area contributed by atoms with E-state index in [-0.39, 0.29) is 18.0 Å². The van der Waals surface area contributed by atoms with Gasteiger partial charge in [-0.2, -0.15) is 0 Å². The summed E-state index contributed by atoms with van der Waals surface area (Å²) in [6, 6.07) is 7.27. The number of amides is 1. The maximum atomic E-state index is 12.4. The predicted molar refractivity (Wildman–Crippen MR) is 79.6 cm³/mol. The van der Waals surface area contributed by atoms with Crippen LogP contribution in [0.5, 0.6) is 0 Å². The van der Waals surface area contributed by atoms with Gasteiger partial charge < -0.3 is 14.9 Å². The van der Waals surface area contributed by atoms with Gasteiger partial charge >= 0.3 is 0 Å². The second kappa shape index (κ2) is 5.40. The van der Waals surface area contributed by atoms with Crippen LogP contribution in [-0.2, 0) is 4.79 Å². The molecule has 0 bridgehead atoms. The van der Waals surface area contributed by atoms with E-state index in [0.29, 0.717) is 0 Å². The smallest absolute Gasteiger partial charge is 0.243 e. The van der Waals surface area contributed by atoms with Crippen LogP contribution in [0.4, 0.5) is 0 Å². The molecule has 3 rings (SSSR count). The van der Waals surface area contributed by atoms with Crippen LogP contribution in [0.25, 0.3) is 11.0 Å². The van der Waals surface area contributed by atoms with Crippen molar-refractivity contribution in [1.29, 1.82) is 0 Å². The number of nitrogens with one attached hydrogen (secondary N) is 2. The number of benzene rings is 1. The second-order valence-electron chi connectivity index (χ2n) is 5.02. The number of rotatable bonds is 4. The molecule has 2 atom stereocenters. The summed E-state index contributed by atoms with van der Waals surface area (Å²) in [6.07, 6.45) is 5.11. The first-order valence-electron chi connectivity index (χ1n) is 6.88. The van der Waals surface area contributed by atoms with Crippen LogP contribution in [0.1, 0.15) is 31.8 Å². The molecule has 2 unspecified atom stereocenters. The second-order valence-corrected chi connectivity index (χ2v) is 5.02. The van der Waals surface area contributed by atoms with Crippen molar-refractivity contribution in [1.82, 2.24) is 24.8 Å². The zero-order chi connectivity index (χ0) is 14.8. The summed E-state index contributed by atoms with van der Waals surface area (Å²) in [5.74, 6) is 0.674. The molecule has 0 radical (unpaired) electrons. The molecule has 1 amide bonds. The SMILES string of the molecule is CC(NC(=O)C(C)n1cnc2ccccc21)c1ncc[nH]1. The van der Waals surface area contributed by atoms with Gasteiger partial charge in [0.1, 0.15) is 11.9 Å². The molecular formula is C15H17N5O. The fourth-order valence-corrected chi connectivity index (χ4v) is 2.33. The Bertz CT molecular complexity index is 746. The molecule has 21 heavy (non-hydrogen) atoms. The first-order valence-corrected chi connectivity index (χ1v) is 6.88. The van der Waals surface area contributed by atoms with Crippen molar-refractivity contribution in [3.63, 3.8) is 0 Å². The van der Waals surface area contributed by atoms with Crippen LogP contribution in [0.3, 0.4) is 0 Å². The number of hydrogen-bond donors (Lipinski definition) is 2. The minimum atomic E-state index is -0.338. The molecule has 1 aromatic carbocycles. The lowest BCUT2D eigenvalue weighted by Crippen LogP contribution is -2.33. The van der Waals surface area contributed by atoms with E-state index in [1.54, 1.807) is 18.7 Å². The first-order chi connectivity index (χ1) is 10.2. The van der Waals surface area contributed by atoms with Gasteiger partial charge in [0.15, 0.2) is 0 Å². The van der Waals surface area contributed by atoms with Crippen LogP contribution < -0.4 is 5.32 Å². The molecule has 0 spiro atoms. The van der Waals surface area contributed by atoms with Crippen molar-refractivity contribution in [3.05, 3.63) is 48.8 Å². The fraction of sp³-hybridized carbons (Fsp3) is 0.267. The highest BCUT2D eigenvalue weighted by Crippen LogP contribution is 2.18. The Balaban J connectivity index is 1.78. The minimum absolute atomic E-state index is 0.0675. The average Bonchev–Trinajstić information content (AvgIpc) is 3.15. The molecule has 0 fully saturated rings. The van der Waals surface area contributed by atoms with Crippen molar-refractivity contribution in [2.45, 2.75) is 25.9 Å². The number of imidazole rings is 2. The van der Waals surface area contributed by atoms with Crippen molar-refractivity contribution >= 4 is 16.9 Å². The monoisotopic (exact) mass is 283 g/mol. The van der Waals surface area contributed by atoms with Crippen LogP contribution in [0, 0.1) is 0 Å². The average molecular weight is 283 g/mol. The van der Waals surface area contributed by atoms with Crippen LogP contribution >= 0.6 is 0 Å². The number of carbonyl (C=O) groups excluding carboxylic acids is 1. The molecular weight excluding hydrogens is 266 g/mol. The minimum Gasteiger partial charge on any atom is -0.347 e. The lowest BCUT2D eigenvalue weighted by Gasteiger charge is -2.17. The van der Waals surface area contributed by atoms with Gasteiger partial charge in [-0.25, -0.2) is 9.97 Å². The summed E-state index contributed by atoms with van der Waals surface area (Å²) < 4.78 is 1.87. The topological polar surface area (TPSA) is 75.6 Å². The zero-order valence-electron chi connectivity index (χ0n) is 11.9. The summed E-state index contributed by atoms with van der Waals surface area (Å²) in [5.41, 5.74) is 1.84. The van der Waals surface area contributed by atoms with Crippen molar-refractivity contribution in [3.8, 4) is 0 Å². The van der Waals surface area contributed by atoms with Gasteiger partial charge in [-0.05, 0) is 26.0 Å². The third kappa shape index (κ3) is 2.52. The van der Waals surface area contributed by atoms with E-state index in [1.807, 2.05) is 42.7 Å². The summed E-state index contributed by atoms with van der Waals surface area (Å²) in [6.45, 7) is 3.76. The van der Waals surface area contributed by atoms with E-state index >= 15 is 0 Å². The van der Waals surface area contributed by atoms with Crippen molar-refractivity contribution in [2.75, 3.05) is 0 Å². The van der Waals surface area contributed by atoms with E-state index in [2.05, 4.69) is 20.3 Å². The number of fused-ring (bicyclic) bond motifs is 1. The third-order valence-electron chi connectivity index (χ3n) is 3.57. The third-order valence-corrected chi connectivity index (χ3v) is 3.57. The molecule has 2 heterocycles. The van der Waals surface area contributed by atoms with Gasteiger partial charge in [0.25, 0.3) is 0 Å². The molecule has 0 aliphatic carbocycles. The number of aromatic nitrogens is 4. The van der Waals surface area contributed by atoms with Crippen molar-refractivity contribution in [2.24, 2.45) is 0 Å². The van der Waals surface area contributed by atoms with Crippen LogP contribution in [-0.4, -0.2) is 25.4 Å². The van der Waals surface area contributed by atoms with E-state index in [0.717, 1.165) is 16.9 Å². The maximum absolute atomic E-state index is 12.4.